The molecule has 3 aromatic rings. The van der Waals surface area contributed by atoms with Crippen LogP contribution in [0.3, 0.4) is 0 Å². The number of rotatable bonds is 9. The molecule has 2 N–H and O–H groups in total. The molecule has 3 aromatic carbocycles. The number of benzene rings is 3. The summed E-state index contributed by atoms with van der Waals surface area (Å²) >= 11 is 0. The van der Waals surface area contributed by atoms with E-state index in [1.54, 1.807) is 31.2 Å². The zero-order valence-electron chi connectivity index (χ0n) is 18.2. The van der Waals surface area contributed by atoms with Gasteiger partial charge in [-0.3, -0.25) is 9.52 Å². The van der Waals surface area contributed by atoms with E-state index in [2.05, 4.69) is 20.0 Å². The highest BCUT2D eigenvalue weighted by atomic mass is 32.2. The Morgan fingerprint density at radius 2 is 1.59 bits per heavy atom. The molecule has 1 amide bonds. The van der Waals surface area contributed by atoms with Crippen molar-refractivity contribution >= 4 is 27.3 Å². The van der Waals surface area contributed by atoms with Gasteiger partial charge in [-0.2, -0.15) is 13.9 Å². The van der Waals surface area contributed by atoms with Crippen LogP contribution in [0.1, 0.15) is 22.8 Å². The van der Waals surface area contributed by atoms with Crippen LogP contribution in [0, 0.1) is 0 Å². The van der Waals surface area contributed by atoms with Gasteiger partial charge < -0.3 is 9.47 Å². The number of nitrogens with one attached hydrogen (secondary N) is 2. The van der Waals surface area contributed by atoms with Crippen LogP contribution in [0.2, 0.25) is 0 Å². The van der Waals surface area contributed by atoms with E-state index < -0.39 is 22.5 Å². The van der Waals surface area contributed by atoms with Crippen LogP contribution in [0.25, 0.3) is 0 Å². The lowest BCUT2D eigenvalue weighted by atomic mass is 10.1. The minimum atomic E-state index is -3.95. The Bertz CT molecular complexity index is 1280. The molecule has 0 heterocycles. The SMILES string of the molecule is COc1ccc(NS(=O)(=O)c2cccc(C(=O)NN=C(C)c3ccc(OC(F)F)cc3)c2)cc1. The molecule has 0 aromatic heterocycles. The molecule has 0 spiro atoms. The number of halogens is 2. The van der Waals surface area contributed by atoms with Gasteiger partial charge in [0, 0.05) is 11.3 Å². The third-order valence-corrected chi connectivity index (χ3v) is 5.95. The standard InChI is InChI=1S/C23H21F2N3O5S/c1-15(16-6-10-20(11-7-16)33-23(24)25)26-27-22(29)17-4-3-5-21(14-17)34(30,31)28-18-8-12-19(32-2)13-9-18/h3-14,23,28H,1-2H3,(H,27,29). The van der Waals surface area contributed by atoms with Crippen molar-refractivity contribution in [2.45, 2.75) is 18.4 Å². The van der Waals surface area contributed by atoms with E-state index in [0.717, 1.165) is 0 Å². The third-order valence-electron chi connectivity index (χ3n) is 4.57. The van der Waals surface area contributed by atoms with Gasteiger partial charge in [0.25, 0.3) is 15.9 Å². The second-order valence-corrected chi connectivity index (χ2v) is 8.59. The molecule has 0 aliphatic heterocycles. The van der Waals surface area contributed by atoms with E-state index in [0.29, 0.717) is 22.7 Å². The van der Waals surface area contributed by atoms with Crippen molar-refractivity contribution in [3.05, 3.63) is 83.9 Å². The van der Waals surface area contributed by atoms with Crippen molar-refractivity contribution in [3.8, 4) is 11.5 Å². The summed E-state index contributed by atoms with van der Waals surface area (Å²) in [6.45, 7) is -1.31. The quantitative estimate of drug-likeness (QED) is 0.345. The molecule has 34 heavy (non-hydrogen) atoms. The van der Waals surface area contributed by atoms with Gasteiger partial charge >= 0.3 is 6.61 Å². The first-order valence-corrected chi connectivity index (χ1v) is 11.3. The fourth-order valence-corrected chi connectivity index (χ4v) is 3.92. The molecule has 0 saturated carbocycles. The van der Waals surface area contributed by atoms with Gasteiger partial charge in [0.1, 0.15) is 11.5 Å². The van der Waals surface area contributed by atoms with Gasteiger partial charge in [-0.05, 0) is 79.2 Å². The van der Waals surface area contributed by atoms with E-state index >= 15 is 0 Å². The van der Waals surface area contributed by atoms with Crippen LogP contribution in [0.5, 0.6) is 11.5 Å². The van der Waals surface area contributed by atoms with E-state index in [4.69, 9.17) is 4.74 Å². The van der Waals surface area contributed by atoms with Crippen molar-refractivity contribution in [2.24, 2.45) is 5.10 Å². The van der Waals surface area contributed by atoms with Gasteiger partial charge in [-0.25, -0.2) is 13.8 Å². The lowest BCUT2D eigenvalue weighted by Crippen LogP contribution is -2.20. The number of nitrogens with zero attached hydrogens (tertiary/aromatic N) is 1. The summed E-state index contributed by atoms with van der Waals surface area (Å²) in [5.74, 6) is -0.0507. The van der Waals surface area contributed by atoms with Gasteiger partial charge in [0.2, 0.25) is 0 Å². The molecule has 11 heteroatoms. The number of hydrazone groups is 1. The Morgan fingerprint density at radius 1 is 0.941 bits per heavy atom. The molecule has 0 aliphatic carbocycles. The summed E-state index contributed by atoms with van der Waals surface area (Å²) < 4.78 is 61.7. The number of sulfonamides is 1. The number of carbonyl (C=O) groups is 1. The molecule has 0 fully saturated rings. The smallest absolute Gasteiger partial charge is 0.387 e. The molecule has 0 saturated heterocycles. The molecule has 0 atom stereocenters. The number of alkyl halides is 2. The summed E-state index contributed by atoms with van der Waals surface area (Å²) in [4.78, 5) is 12.4. The molecule has 178 valence electrons. The minimum absolute atomic E-state index is 0.00291. The van der Waals surface area contributed by atoms with Gasteiger partial charge in [-0.15, -0.1) is 0 Å². The highest BCUT2D eigenvalue weighted by Crippen LogP contribution is 2.20. The van der Waals surface area contributed by atoms with Gasteiger partial charge in [0.15, 0.2) is 0 Å². The zero-order chi connectivity index (χ0) is 24.7. The number of hydrogen-bond donors (Lipinski definition) is 2. The Labute approximate surface area is 195 Å². The number of carbonyl (C=O) groups excluding carboxylic acids is 1. The predicted molar refractivity (Wildman–Crippen MR) is 123 cm³/mol. The molecule has 0 unspecified atom stereocenters. The lowest BCUT2D eigenvalue weighted by molar-refractivity contribution is -0.0498. The second-order valence-electron chi connectivity index (χ2n) is 6.90. The van der Waals surface area contributed by atoms with Crippen molar-refractivity contribution in [2.75, 3.05) is 11.8 Å². The summed E-state index contributed by atoms with van der Waals surface area (Å²) in [7, 11) is -2.45. The number of anilines is 1. The normalized spacial score (nSPS) is 11.7. The Kier molecular flexibility index (Phi) is 7.79. The maximum Gasteiger partial charge on any atom is 0.387 e. The molecule has 0 radical (unpaired) electrons. The number of ether oxygens (including phenoxy) is 2. The Hall–Kier alpha value is -3.99. The Morgan fingerprint density at radius 3 is 2.21 bits per heavy atom. The minimum Gasteiger partial charge on any atom is -0.497 e. The van der Waals surface area contributed by atoms with E-state index in [9.17, 15) is 22.0 Å². The third kappa shape index (κ3) is 6.51. The topological polar surface area (TPSA) is 106 Å². The van der Waals surface area contributed by atoms with Crippen LogP contribution in [-0.2, 0) is 10.0 Å². The lowest BCUT2D eigenvalue weighted by Gasteiger charge is -2.10. The van der Waals surface area contributed by atoms with Crippen LogP contribution in [0.4, 0.5) is 14.5 Å². The molecular formula is C23H21F2N3O5S. The monoisotopic (exact) mass is 489 g/mol. The zero-order valence-corrected chi connectivity index (χ0v) is 19.0. The summed E-state index contributed by atoms with van der Waals surface area (Å²) in [5, 5.41) is 3.99. The van der Waals surface area contributed by atoms with Gasteiger partial charge in [0.05, 0.1) is 17.7 Å². The summed E-state index contributed by atoms with van der Waals surface area (Å²) in [6, 6.07) is 17.5. The van der Waals surface area contributed by atoms with Crippen LogP contribution >= 0.6 is 0 Å². The molecule has 0 aliphatic rings. The fraction of sp³-hybridized carbons (Fsp3) is 0.130. The summed E-state index contributed by atoms with van der Waals surface area (Å²) in [6.07, 6.45) is 0. The molecular weight excluding hydrogens is 468 g/mol. The summed E-state index contributed by atoms with van der Waals surface area (Å²) in [5.41, 5.74) is 3.74. The Balaban J connectivity index is 1.69. The largest absolute Gasteiger partial charge is 0.497 e. The van der Waals surface area contributed by atoms with E-state index in [1.165, 1.54) is 55.6 Å². The van der Waals surface area contributed by atoms with Crippen molar-refractivity contribution < 1.29 is 31.5 Å². The number of amides is 1. The molecule has 0 bridgehead atoms. The highest BCUT2D eigenvalue weighted by molar-refractivity contribution is 7.92. The maximum absolute atomic E-state index is 12.7. The van der Waals surface area contributed by atoms with Gasteiger partial charge in [-0.1, -0.05) is 6.07 Å². The average Bonchev–Trinajstić information content (AvgIpc) is 2.82. The second kappa shape index (κ2) is 10.8. The first-order valence-electron chi connectivity index (χ1n) is 9.85. The first kappa shape index (κ1) is 24.6. The maximum atomic E-state index is 12.7. The first-order chi connectivity index (χ1) is 16.2. The van der Waals surface area contributed by atoms with Crippen molar-refractivity contribution in [1.29, 1.82) is 0 Å². The van der Waals surface area contributed by atoms with E-state index in [-0.39, 0.29) is 16.2 Å². The van der Waals surface area contributed by atoms with Crippen molar-refractivity contribution in [1.82, 2.24) is 5.43 Å². The van der Waals surface area contributed by atoms with Crippen LogP contribution in [-0.4, -0.2) is 33.8 Å². The van der Waals surface area contributed by atoms with Crippen molar-refractivity contribution in [3.63, 3.8) is 0 Å². The van der Waals surface area contributed by atoms with Crippen LogP contribution in [0.15, 0.2) is 82.8 Å². The molecule has 3 rings (SSSR count). The number of methoxy groups -OCH3 is 1. The van der Waals surface area contributed by atoms with Crippen LogP contribution < -0.4 is 19.6 Å². The predicted octanol–water partition coefficient (Wildman–Crippen LogP) is 4.25. The highest BCUT2D eigenvalue weighted by Gasteiger charge is 2.17. The average molecular weight is 490 g/mol. The fourth-order valence-electron chi connectivity index (χ4n) is 2.82. The van der Waals surface area contributed by atoms with E-state index in [1.807, 2.05) is 0 Å². The molecule has 8 nitrogen and oxygen atoms in total. The number of hydrogen-bond acceptors (Lipinski definition) is 6.